The highest BCUT2D eigenvalue weighted by atomic mass is 16.5. The lowest BCUT2D eigenvalue weighted by Gasteiger charge is -2.09. The zero-order valence-electron chi connectivity index (χ0n) is 11.5. The molecule has 1 saturated carbocycles. The molecule has 6 nitrogen and oxygen atoms in total. The number of fused-ring (bicyclic) bond motifs is 1. The van der Waals surface area contributed by atoms with Crippen molar-refractivity contribution in [2.45, 2.75) is 19.9 Å². The van der Waals surface area contributed by atoms with Crippen molar-refractivity contribution in [1.29, 1.82) is 0 Å². The molecule has 2 aliphatic rings. The Morgan fingerprint density at radius 2 is 2.16 bits per heavy atom. The maximum atomic E-state index is 11.8. The molecule has 2 heterocycles. The van der Waals surface area contributed by atoms with E-state index in [4.69, 9.17) is 9.47 Å². The molecule has 104 valence electrons. The molecule has 6 heteroatoms. The highest BCUT2D eigenvalue weighted by molar-refractivity contribution is 5.78. The van der Waals surface area contributed by atoms with Crippen LogP contribution in [0.25, 0.3) is 0 Å². The van der Waals surface area contributed by atoms with Crippen molar-refractivity contribution in [2.75, 3.05) is 19.8 Å². The molecule has 0 bridgehead atoms. The van der Waals surface area contributed by atoms with Crippen molar-refractivity contribution in [3.63, 3.8) is 0 Å². The van der Waals surface area contributed by atoms with Crippen LogP contribution in [0.3, 0.4) is 0 Å². The smallest absolute Gasteiger partial charge is 0.258 e. The van der Waals surface area contributed by atoms with Crippen LogP contribution in [-0.2, 0) is 16.6 Å². The van der Waals surface area contributed by atoms with Gasteiger partial charge in [-0.3, -0.25) is 9.48 Å². The number of carbonyl (C=O) groups is 1. The second kappa shape index (κ2) is 4.52. The van der Waals surface area contributed by atoms with Gasteiger partial charge in [0.05, 0.1) is 18.9 Å². The standard InChI is InChI=1S/C13H19N3O3/c1-7-13(8(2)16(3)15-7)19-6-11(17)14-12-9-4-18-5-10(9)12/h9-10,12H,4-6H2,1-3H3,(H,14,17)/t9-,10+,12?. The van der Waals surface area contributed by atoms with E-state index in [-0.39, 0.29) is 12.5 Å². The molecule has 1 N–H and O–H groups in total. The van der Waals surface area contributed by atoms with Gasteiger partial charge in [-0.05, 0) is 13.8 Å². The summed E-state index contributed by atoms with van der Waals surface area (Å²) in [5.74, 6) is 1.68. The maximum absolute atomic E-state index is 11.8. The van der Waals surface area contributed by atoms with E-state index >= 15 is 0 Å². The van der Waals surface area contributed by atoms with Crippen LogP contribution in [-0.4, -0.2) is 41.6 Å². The van der Waals surface area contributed by atoms with Crippen LogP contribution in [0.2, 0.25) is 0 Å². The molecule has 0 radical (unpaired) electrons. The highest BCUT2D eigenvalue weighted by Gasteiger charge is 2.54. The number of ether oxygens (including phenoxy) is 2. The highest BCUT2D eigenvalue weighted by Crippen LogP contribution is 2.43. The molecule has 1 saturated heterocycles. The Balaban J connectivity index is 1.50. The summed E-state index contributed by atoms with van der Waals surface area (Å²) in [5, 5.41) is 7.25. The summed E-state index contributed by atoms with van der Waals surface area (Å²) >= 11 is 0. The lowest BCUT2D eigenvalue weighted by atomic mass is 10.3. The van der Waals surface area contributed by atoms with Gasteiger partial charge < -0.3 is 14.8 Å². The van der Waals surface area contributed by atoms with Gasteiger partial charge in [-0.25, -0.2) is 0 Å². The average Bonchev–Trinajstić information content (AvgIpc) is 2.74. The van der Waals surface area contributed by atoms with Crippen LogP contribution >= 0.6 is 0 Å². The molecule has 3 atom stereocenters. The lowest BCUT2D eigenvalue weighted by Crippen LogP contribution is -2.33. The number of aromatic nitrogens is 2. The van der Waals surface area contributed by atoms with Gasteiger partial charge >= 0.3 is 0 Å². The Morgan fingerprint density at radius 1 is 1.47 bits per heavy atom. The van der Waals surface area contributed by atoms with Crippen LogP contribution in [0.4, 0.5) is 0 Å². The molecule has 1 amide bonds. The molecule has 1 aromatic rings. The SMILES string of the molecule is Cc1nn(C)c(C)c1OCC(=O)NC1[C@H]2COC[C@@H]12. The maximum Gasteiger partial charge on any atom is 0.258 e. The van der Waals surface area contributed by atoms with Gasteiger partial charge in [-0.2, -0.15) is 5.10 Å². The van der Waals surface area contributed by atoms with Crippen LogP contribution in [0, 0.1) is 25.7 Å². The van der Waals surface area contributed by atoms with Crippen molar-refractivity contribution in [2.24, 2.45) is 18.9 Å². The second-order valence-corrected chi connectivity index (χ2v) is 5.37. The molecule has 1 unspecified atom stereocenters. The summed E-state index contributed by atoms with van der Waals surface area (Å²) in [6.07, 6.45) is 0. The van der Waals surface area contributed by atoms with E-state index in [9.17, 15) is 4.79 Å². The quantitative estimate of drug-likeness (QED) is 0.843. The van der Waals surface area contributed by atoms with Crippen LogP contribution in [0.5, 0.6) is 5.75 Å². The molecular weight excluding hydrogens is 246 g/mol. The third kappa shape index (κ3) is 2.20. The Hall–Kier alpha value is -1.56. The molecule has 1 aliphatic carbocycles. The summed E-state index contributed by atoms with van der Waals surface area (Å²) in [5.41, 5.74) is 1.74. The van der Waals surface area contributed by atoms with E-state index in [1.807, 2.05) is 20.9 Å². The molecule has 0 aromatic carbocycles. The minimum atomic E-state index is -0.0675. The third-order valence-electron chi connectivity index (χ3n) is 4.07. The number of rotatable bonds is 4. The molecule has 19 heavy (non-hydrogen) atoms. The van der Waals surface area contributed by atoms with Gasteiger partial charge in [0, 0.05) is 24.9 Å². The fourth-order valence-electron chi connectivity index (χ4n) is 2.78. The van der Waals surface area contributed by atoms with E-state index in [0.29, 0.717) is 23.6 Å². The molecule has 1 aliphatic heterocycles. The number of amides is 1. The zero-order chi connectivity index (χ0) is 13.6. The lowest BCUT2D eigenvalue weighted by molar-refractivity contribution is -0.123. The van der Waals surface area contributed by atoms with Gasteiger partial charge in [0.25, 0.3) is 5.91 Å². The van der Waals surface area contributed by atoms with Crippen LogP contribution in [0.15, 0.2) is 0 Å². The van der Waals surface area contributed by atoms with E-state index in [1.165, 1.54) is 0 Å². The number of aryl methyl sites for hydroxylation is 2. The van der Waals surface area contributed by atoms with Gasteiger partial charge in [0.2, 0.25) is 0 Å². The van der Waals surface area contributed by atoms with Crippen molar-refractivity contribution >= 4 is 5.91 Å². The normalized spacial score (nSPS) is 28.1. The zero-order valence-corrected chi connectivity index (χ0v) is 11.5. The largest absolute Gasteiger partial charge is 0.480 e. The Bertz CT molecular complexity index is 501. The topological polar surface area (TPSA) is 65.4 Å². The first kappa shape index (κ1) is 12.5. The summed E-state index contributed by atoms with van der Waals surface area (Å²) in [4.78, 5) is 11.8. The predicted molar refractivity (Wildman–Crippen MR) is 67.9 cm³/mol. The van der Waals surface area contributed by atoms with E-state index in [0.717, 1.165) is 24.6 Å². The first-order valence-electron chi connectivity index (χ1n) is 6.58. The molecular formula is C13H19N3O3. The molecule has 0 spiro atoms. The Morgan fingerprint density at radius 3 is 2.74 bits per heavy atom. The Labute approximate surface area is 112 Å². The minimum Gasteiger partial charge on any atom is -0.480 e. The number of carbonyl (C=O) groups excluding carboxylic acids is 1. The van der Waals surface area contributed by atoms with E-state index < -0.39 is 0 Å². The van der Waals surface area contributed by atoms with Crippen molar-refractivity contribution in [3.8, 4) is 5.75 Å². The van der Waals surface area contributed by atoms with Crippen LogP contribution < -0.4 is 10.1 Å². The molecule has 2 fully saturated rings. The van der Waals surface area contributed by atoms with Gasteiger partial charge in [-0.1, -0.05) is 0 Å². The first-order chi connectivity index (χ1) is 9.08. The van der Waals surface area contributed by atoms with Gasteiger partial charge in [0.1, 0.15) is 5.69 Å². The fraction of sp³-hybridized carbons (Fsp3) is 0.692. The van der Waals surface area contributed by atoms with Crippen molar-refractivity contribution < 1.29 is 14.3 Å². The van der Waals surface area contributed by atoms with Gasteiger partial charge in [-0.15, -0.1) is 0 Å². The number of hydrogen-bond acceptors (Lipinski definition) is 4. The number of nitrogens with zero attached hydrogens (tertiary/aromatic N) is 2. The molecule has 3 rings (SSSR count). The second-order valence-electron chi connectivity index (χ2n) is 5.37. The van der Waals surface area contributed by atoms with Crippen LogP contribution in [0.1, 0.15) is 11.4 Å². The minimum absolute atomic E-state index is 0.0458. The summed E-state index contributed by atoms with van der Waals surface area (Å²) in [6.45, 7) is 5.40. The number of nitrogens with one attached hydrogen (secondary N) is 1. The summed E-state index contributed by atoms with van der Waals surface area (Å²) in [6, 6.07) is 0.293. The predicted octanol–water partition coefficient (Wildman–Crippen LogP) is 0.177. The first-order valence-corrected chi connectivity index (χ1v) is 6.58. The van der Waals surface area contributed by atoms with Crippen molar-refractivity contribution in [3.05, 3.63) is 11.4 Å². The molecule has 1 aromatic heterocycles. The average molecular weight is 265 g/mol. The summed E-state index contributed by atoms with van der Waals surface area (Å²) in [7, 11) is 1.86. The summed E-state index contributed by atoms with van der Waals surface area (Å²) < 4.78 is 12.6. The fourth-order valence-corrected chi connectivity index (χ4v) is 2.78. The van der Waals surface area contributed by atoms with Crippen molar-refractivity contribution in [1.82, 2.24) is 15.1 Å². The number of hydrogen-bond donors (Lipinski definition) is 1. The Kier molecular flexibility index (Phi) is 2.97. The third-order valence-corrected chi connectivity index (χ3v) is 4.07. The van der Waals surface area contributed by atoms with Gasteiger partial charge in [0.15, 0.2) is 12.4 Å². The van der Waals surface area contributed by atoms with E-state index in [1.54, 1.807) is 4.68 Å². The monoisotopic (exact) mass is 265 g/mol. The van der Waals surface area contributed by atoms with E-state index in [2.05, 4.69) is 10.4 Å².